The van der Waals surface area contributed by atoms with E-state index in [1.807, 2.05) is 14.1 Å². The van der Waals surface area contributed by atoms with Crippen molar-refractivity contribution >= 4 is 7.68 Å². The molecule has 108 valence electrons. The number of rotatable bonds is 10. The van der Waals surface area contributed by atoms with Crippen molar-refractivity contribution in [1.29, 1.82) is 0 Å². The van der Waals surface area contributed by atoms with Crippen molar-refractivity contribution in [2.45, 2.75) is 31.5 Å². The minimum atomic E-state index is -2.33. The van der Waals surface area contributed by atoms with Crippen molar-refractivity contribution in [3.63, 3.8) is 0 Å². The Balaban J connectivity index is 4.00. The summed E-state index contributed by atoms with van der Waals surface area (Å²) >= 11 is 0. The lowest BCUT2D eigenvalue weighted by Gasteiger charge is -2.32. The Hall–Kier alpha value is -0.260. The Bertz CT molecular complexity index is 294. The normalized spacial score (nSPS) is 12.7. The summed E-state index contributed by atoms with van der Waals surface area (Å²) < 4.78 is 21.4. The molecule has 0 saturated carbocycles. The molecule has 0 aromatic carbocycles. The first kappa shape index (κ1) is 17.7. The standard InChI is InChI=1S/C11H25NO5P/c1-12(2,7-4-10-18(16)17)8-6-11(14,15)5-3-9-13/h13-15H,3-10H2,1-2H3/q+1. The summed E-state index contributed by atoms with van der Waals surface area (Å²) in [6.07, 6.45) is 1.47. The first-order chi connectivity index (χ1) is 8.18. The van der Waals surface area contributed by atoms with E-state index in [9.17, 15) is 19.3 Å². The zero-order chi connectivity index (χ0) is 14.2. The smallest absolute Gasteiger partial charge is 0.315 e. The highest BCUT2D eigenvalue weighted by atomic mass is 31.1. The van der Waals surface area contributed by atoms with Crippen LogP contribution in [0.4, 0.5) is 0 Å². The van der Waals surface area contributed by atoms with Gasteiger partial charge >= 0.3 is 7.68 Å². The molecule has 0 radical (unpaired) electrons. The summed E-state index contributed by atoms with van der Waals surface area (Å²) in [6, 6.07) is 0. The first-order valence-electron chi connectivity index (χ1n) is 6.18. The molecule has 0 aromatic rings. The zero-order valence-corrected chi connectivity index (χ0v) is 12.1. The van der Waals surface area contributed by atoms with Gasteiger partial charge in [-0.2, -0.15) is 0 Å². The van der Waals surface area contributed by atoms with Crippen molar-refractivity contribution < 1.29 is 28.9 Å². The Morgan fingerprint density at radius 3 is 2.17 bits per heavy atom. The second kappa shape index (κ2) is 8.02. The molecule has 0 amide bonds. The summed E-state index contributed by atoms with van der Waals surface area (Å²) in [5, 5.41) is 28.0. The van der Waals surface area contributed by atoms with Gasteiger partial charge in [-0.15, -0.1) is 0 Å². The Morgan fingerprint density at radius 1 is 1.06 bits per heavy atom. The number of aliphatic hydroxyl groups is 3. The summed E-state index contributed by atoms with van der Waals surface area (Å²) in [7, 11) is 1.53. The predicted molar refractivity (Wildman–Crippen MR) is 67.7 cm³/mol. The lowest BCUT2D eigenvalue weighted by atomic mass is 10.1. The van der Waals surface area contributed by atoms with Crippen LogP contribution in [0.1, 0.15) is 25.7 Å². The van der Waals surface area contributed by atoms with Crippen LogP contribution in [0.5, 0.6) is 0 Å². The SMILES string of the molecule is C[N+](C)(CCCP(=O)=O)CCC(O)(O)CCCO. The number of quaternary nitrogens is 1. The van der Waals surface area contributed by atoms with E-state index >= 15 is 0 Å². The van der Waals surface area contributed by atoms with Crippen LogP contribution in [0.3, 0.4) is 0 Å². The molecular formula is C11H25NO5P+. The van der Waals surface area contributed by atoms with Crippen LogP contribution in [0.2, 0.25) is 0 Å². The van der Waals surface area contributed by atoms with Crippen LogP contribution in [0.25, 0.3) is 0 Å². The highest BCUT2D eigenvalue weighted by Gasteiger charge is 2.26. The van der Waals surface area contributed by atoms with E-state index in [-0.39, 0.29) is 25.6 Å². The van der Waals surface area contributed by atoms with E-state index in [0.717, 1.165) is 0 Å². The van der Waals surface area contributed by atoms with Gasteiger partial charge < -0.3 is 19.8 Å². The number of hydrogen-bond acceptors (Lipinski definition) is 5. The van der Waals surface area contributed by atoms with Crippen molar-refractivity contribution in [2.75, 3.05) is 40.0 Å². The second-order valence-electron chi connectivity index (χ2n) is 5.35. The molecule has 0 aliphatic rings. The van der Waals surface area contributed by atoms with Gasteiger partial charge in [0.1, 0.15) is 0 Å². The zero-order valence-electron chi connectivity index (χ0n) is 11.2. The highest BCUT2D eigenvalue weighted by molar-refractivity contribution is 7.30. The van der Waals surface area contributed by atoms with Crippen LogP contribution in [0.15, 0.2) is 0 Å². The molecule has 0 aliphatic carbocycles. The van der Waals surface area contributed by atoms with Crippen LogP contribution in [-0.2, 0) is 9.13 Å². The van der Waals surface area contributed by atoms with Gasteiger partial charge in [0.25, 0.3) is 0 Å². The molecule has 0 saturated heterocycles. The number of hydrogen-bond donors (Lipinski definition) is 3. The molecule has 0 atom stereocenters. The van der Waals surface area contributed by atoms with Crippen molar-refractivity contribution in [3.8, 4) is 0 Å². The number of aliphatic hydroxyl groups excluding tert-OH is 1. The quantitative estimate of drug-likeness (QED) is 0.307. The third-order valence-electron chi connectivity index (χ3n) is 2.96. The largest absolute Gasteiger partial charge is 0.396 e. The van der Waals surface area contributed by atoms with Crippen molar-refractivity contribution in [1.82, 2.24) is 0 Å². The molecule has 0 aliphatic heterocycles. The molecule has 3 N–H and O–H groups in total. The molecular weight excluding hydrogens is 257 g/mol. The first-order valence-corrected chi connectivity index (χ1v) is 7.54. The van der Waals surface area contributed by atoms with Gasteiger partial charge in [-0.25, -0.2) is 9.13 Å². The maximum atomic E-state index is 10.4. The Labute approximate surface area is 109 Å². The van der Waals surface area contributed by atoms with Gasteiger partial charge in [0.05, 0.1) is 39.8 Å². The minimum absolute atomic E-state index is 0.0579. The summed E-state index contributed by atoms with van der Waals surface area (Å²) in [5.74, 6) is -1.75. The summed E-state index contributed by atoms with van der Waals surface area (Å²) in [5.41, 5.74) is 0. The van der Waals surface area contributed by atoms with Gasteiger partial charge in [-0.3, -0.25) is 0 Å². The lowest BCUT2D eigenvalue weighted by Crippen LogP contribution is -2.45. The second-order valence-corrected chi connectivity index (χ2v) is 6.47. The van der Waals surface area contributed by atoms with Gasteiger partial charge in [0.2, 0.25) is 0 Å². The fourth-order valence-electron chi connectivity index (χ4n) is 1.71. The fraction of sp³-hybridized carbons (Fsp3) is 1.00. The Kier molecular flexibility index (Phi) is 7.90. The third kappa shape index (κ3) is 9.74. The van der Waals surface area contributed by atoms with E-state index in [4.69, 9.17) is 5.11 Å². The molecule has 0 unspecified atom stereocenters. The number of nitrogens with zero attached hydrogens (tertiary/aromatic N) is 1. The maximum Gasteiger partial charge on any atom is 0.315 e. The van der Waals surface area contributed by atoms with Gasteiger partial charge in [-0.05, 0) is 6.42 Å². The minimum Gasteiger partial charge on any atom is -0.396 e. The summed E-state index contributed by atoms with van der Waals surface area (Å²) in [6.45, 7) is 1.17. The van der Waals surface area contributed by atoms with E-state index in [0.29, 0.717) is 30.4 Å². The predicted octanol–water partition coefficient (Wildman–Crippen LogP) is 0.469. The van der Waals surface area contributed by atoms with Crippen LogP contribution >= 0.6 is 7.68 Å². The average Bonchev–Trinajstić information content (AvgIpc) is 2.23. The van der Waals surface area contributed by atoms with E-state index < -0.39 is 13.5 Å². The molecule has 7 heteroatoms. The van der Waals surface area contributed by atoms with Crippen molar-refractivity contribution in [2.24, 2.45) is 0 Å². The molecule has 0 heterocycles. The molecule has 0 rings (SSSR count). The van der Waals surface area contributed by atoms with Crippen LogP contribution in [0, 0.1) is 0 Å². The van der Waals surface area contributed by atoms with Gasteiger partial charge in [0.15, 0.2) is 5.79 Å². The van der Waals surface area contributed by atoms with E-state index in [1.54, 1.807) is 0 Å². The highest BCUT2D eigenvalue weighted by Crippen LogP contribution is 2.16. The summed E-state index contributed by atoms with van der Waals surface area (Å²) in [4.78, 5) is 0. The third-order valence-corrected chi connectivity index (χ3v) is 3.64. The molecule has 0 aromatic heterocycles. The van der Waals surface area contributed by atoms with E-state index in [2.05, 4.69) is 0 Å². The average molecular weight is 282 g/mol. The van der Waals surface area contributed by atoms with Gasteiger partial charge in [0, 0.05) is 19.4 Å². The lowest BCUT2D eigenvalue weighted by molar-refractivity contribution is -0.891. The monoisotopic (exact) mass is 282 g/mol. The molecule has 0 bridgehead atoms. The molecule has 0 fully saturated rings. The molecule has 0 spiro atoms. The fourth-order valence-corrected chi connectivity index (χ4v) is 2.11. The van der Waals surface area contributed by atoms with Crippen molar-refractivity contribution in [3.05, 3.63) is 0 Å². The molecule has 6 nitrogen and oxygen atoms in total. The Morgan fingerprint density at radius 2 is 1.67 bits per heavy atom. The van der Waals surface area contributed by atoms with Crippen LogP contribution < -0.4 is 0 Å². The maximum absolute atomic E-state index is 10.4. The van der Waals surface area contributed by atoms with Gasteiger partial charge in [-0.1, -0.05) is 0 Å². The topological polar surface area (TPSA) is 94.8 Å². The van der Waals surface area contributed by atoms with E-state index in [1.165, 1.54) is 0 Å². The molecule has 18 heavy (non-hydrogen) atoms. The van der Waals surface area contributed by atoms with Crippen LogP contribution in [-0.4, -0.2) is 65.5 Å².